The van der Waals surface area contributed by atoms with Crippen LogP contribution in [0.3, 0.4) is 0 Å². The Morgan fingerprint density at radius 3 is 2.60 bits per heavy atom. The summed E-state index contributed by atoms with van der Waals surface area (Å²) in [5, 5.41) is 2.46. The van der Waals surface area contributed by atoms with Gasteiger partial charge in [-0.1, -0.05) is 22.0 Å². The molecule has 0 fully saturated rings. The second-order valence-corrected chi connectivity index (χ2v) is 5.93. The van der Waals surface area contributed by atoms with E-state index in [4.69, 9.17) is 9.47 Å². The largest absolute Gasteiger partial charge is 0.490 e. The Hall–Kier alpha value is -2.06. The van der Waals surface area contributed by atoms with Gasteiger partial charge in [-0.25, -0.2) is 0 Å². The Balaban J connectivity index is 2.22. The Labute approximate surface area is 151 Å². The van der Waals surface area contributed by atoms with Gasteiger partial charge in [-0.15, -0.1) is 0 Å². The van der Waals surface area contributed by atoms with Crippen LogP contribution in [0.15, 0.2) is 46.9 Å². The number of amides is 1. The van der Waals surface area contributed by atoms with E-state index in [2.05, 4.69) is 21.2 Å². The summed E-state index contributed by atoms with van der Waals surface area (Å²) < 4.78 is 49.3. The maximum atomic E-state index is 12.8. The number of carbonyl (C=O) groups excluding carboxylic acids is 1. The van der Waals surface area contributed by atoms with Gasteiger partial charge in [0.1, 0.15) is 12.4 Å². The minimum absolute atomic E-state index is 0.0441. The molecule has 1 N–H and O–H groups in total. The molecular weight excluding hydrogens is 403 g/mol. The third kappa shape index (κ3) is 5.47. The molecule has 1 amide bonds. The smallest absolute Gasteiger partial charge is 0.416 e. The van der Waals surface area contributed by atoms with Crippen molar-refractivity contribution in [2.75, 3.05) is 25.6 Å². The molecule has 0 aromatic heterocycles. The molecule has 0 saturated heterocycles. The Kier molecular flexibility index (Phi) is 6.44. The summed E-state index contributed by atoms with van der Waals surface area (Å²) in [6.07, 6.45) is -4.48. The fourth-order valence-corrected chi connectivity index (χ4v) is 2.37. The van der Waals surface area contributed by atoms with Crippen molar-refractivity contribution in [2.24, 2.45) is 0 Å². The van der Waals surface area contributed by atoms with Gasteiger partial charge in [0.2, 0.25) is 0 Å². The first-order valence-electron chi connectivity index (χ1n) is 7.21. The second kappa shape index (κ2) is 8.35. The predicted molar refractivity (Wildman–Crippen MR) is 90.9 cm³/mol. The third-order valence-electron chi connectivity index (χ3n) is 3.18. The maximum Gasteiger partial charge on any atom is 0.416 e. The van der Waals surface area contributed by atoms with Crippen LogP contribution in [0.25, 0.3) is 0 Å². The van der Waals surface area contributed by atoms with Crippen molar-refractivity contribution < 1.29 is 27.4 Å². The van der Waals surface area contributed by atoms with Crippen molar-refractivity contribution in [1.82, 2.24) is 0 Å². The summed E-state index contributed by atoms with van der Waals surface area (Å²) >= 11 is 3.26. The highest BCUT2D eigenvalue weighted by atomic mass is 79.9. The van der Waals surface area contributed by atoms with E-state index >= 15 is 0 Å². The van der Waals surface area contributed by atoms with Gasteiger partial charge < -0.3 is 14.8 Å². The highest BCUT2D eigenvalue weighted by Crippen LogP contribution is 2.31. The van der Waals surface area contributed by atoms with E-state index in [1.54, 1.807) is 12.1 Å². The zero-order chi connectivity index (χ0) is 18.4. The standard InChI is InChI=1S/C17H15BrF3NO3/c1-24-7-8-25-15-6-5-12(18)10-14(15)16(23)22-13-4-2-3-11(9-13)17(19,20)21/h2-6,9-10H,7-8H2,1H3,(H,22,23). The van der Waals surface area contributed by atoms with Gasteiger partial charge in [-0.05, 0) is 36.4 Å². The SMILES string of the molecule is COCCOc1ccc(Br)cc1C(=O)Nc1cccc(C(F)(F)F)c1. The van der Waals surface area contributed by atoms with E-state index < -0.39 is 17.6 Å². The molecule has 0 heterocycles. The Bertz CT molecular complexity index is 750. The molecule has 2 rings (SSSR count). The normalized spacial score (nSPS) is 11.2. The molecule has 0 aliphatic rings. The van der Waals surface area contributed by atoms with E-state index in [1.807, 2.05) is 0 Å². The maximum absolute atomic E-state index is 12.8. The van der Waals surface area contributed by atoms with E-state index in [1.165, 1.54) is 25.3 Å². The quantitative estimate of drug-likeness (QED) is 0.690. The summed E-state index contributed by atoms with van der Waals surface area (Å²) in [4.78, 5) is 12.5. The minimum Gasteiger partial charge on any atom is -0.490 e. The van der Waals surface area contributed by atoms with Gasteiger partial charge in [-0.2, -0.15) is 13.2 Å². The van der Waals surface area contributed by atoms with Gasteiger partial charge in [0.15, 0.2) is 0 Å². The number of benzene rings is 2. The first-order chi connectivity index (χ1) is 11.8. The Morgan fingerprint density at radius 2 is 1.92 bits per heavy atom. The molecule has 0 aliphatic carbocycles. The lowest BCUT2D eigenvalue weighted by atomic mass is 10.1. The highest BCUT2D eigenvalue weighted by Gasteiger charge is 2.30. The zero-order valence-electron chi connectivity index (χ0n) is 13.2. The summed E-state index contributed by atoms with van der Waals surface area (Å²) in [6.45, 7) is 0.576. The zero-order valence-corrected chi connectivity index (χ0v) is 14.8. The lowest BCUT2D eigenvalue weighted by molar-refractivity contribution is -0.137. The van der Waals surface area contributed by atoms with Crippen LogP contribution in [-0.2, 0) is 10.9 Å². The van der Waals surface area contributed by atoms with Crippen LogP contribution in [0.5, 0.6) is 5.75 Å². The van der Waals surface area contributed by atoms with Crippen LogP contribution >= 0.6 is 15.9 Å². The van der Waals surface area contributed by atoms with Crippen molar-refractivity contribution >= 4 is 27.5 Å². The molecule has 0 radical (unpaired) electrons. The van der Waals surface area contributed by atoms with Crippen molar-refractivity contribution in [1.29, 1.82) is 0 Å². The number of methoxy groups -OCH3 is 1. The molecule has 2 aromatic rings. The van der Waals surface area contributed by atoms with Crippen molar-refractivity contribution in [3.05, 3.63) is 58.1 Å². The molecule has 25 heavy (non-hydrogen) atoms. The van der Waals surface area contributed by atoms with Crippen LogP contribution in [-0.4, -0.2) is 26.2 Å². The van der Waals surface area contributed by atoms with Gasteiger partial charge >= 0.3 is 6.18 Å². The van der Waals surface area contributed by atoms with Gasteiger partial charge in [-0.3, -0.25) is 4.79 Å². The molecule has 2 aromatic carbocycles. The van der Waals surface area contributed by atoms with Gasteiger partial charge in [0.05, 0.1) is 17.7 Å². The fraction of sp³-hybridized carbons (Fsp3) is 0.235. The van der Waals surface area contributed by atoms with Crippen LogP contribution in [0.1, 0.15) is 15.9 Å². The third-order valence-corrected chi connectivity index (χ3v) is 3.67. The first kappa shape index (κ1) is 19.3. The molecule has 0 bridgehead atoms. The van der Waals surface area contributed by atoms with E-state index in [0.717, 1.165) is 12.1 Å². The number of ether oxygens (including phenoxy) is 2. The van der Waals surface area contributed by atoms with Crippen LogP contribution in [0.4, 0.5) is 18.9 Å². The molecule has 0 aliphatic heterocycles. The van der Waals surface area contributed by atoms with E-state index in [-0.39, 0.29) is 17.9 Å². The average molecular weight is 418 g/mol. The van der Waals surface area contributed by atoms with Crippen LogP contribution < -0.4 is 10.1 Å². The molecule has 0 spiro atoms. The molecule has 4 nitrogen and oxygen atoms in total. The summed E-state index contributed by atoms with van der Waals surface area (Å²) in [7, 11) is 1.52. The van der Waals surface area contributed by atoms with E-state index in [9.17, 15) is 18.0 Å². The first-order valence-corrected chi connectivity index (χ1v) is 8.00. The molecule has 0 unspecified atom stereocenters. The van der Waals surface area contributed by atoms with Crippen molar-refractivity contribution in [3.8, 4) is 5.75 Å². The highest BCUT2D eigenvalue weighted by molar-refractivity contribution is 9.10. The van der Waals surface area contributed by atoms with Gasteiger partial charge in [0.25, 0.3) is 5.91 Å². The fourth-order valence-electron chi connectivity index (χ4n) is 2.01. The number of hydrogen-bond donors (Lipinski definition) is 1. The molecule has 134 valence electrons. The minimum atomic E-state index is -4.48. The number of nitrogens with one attached hydrogen (secondary N) is 1. The predicted octanol–water partition coefficient (Wildman–Crippen LogP) is 4.75. The number of alkyl halides is 3. The number of anilines is 1. The molecule has 0 atom stereocenters. The van der Waals surface area contributed by atoms with Crippen LogP contribution in [0.2, 0.25) is 0 Å². The summed E-state index contributed by atoms with van der Waals surface area (Å²) in [6, 6.07) is 9.26. The number of carbonyl (C=O) groups is 1. The van der Waals surface area contributed by atoms with E-state index in [0.29, 0.717) is 16.8 Å². The number of rotatable bonds is 6. The topological polar surface area (TPSA) is 47.6 Å². The van der Waals surface area contributed by atoms with Crippen LogP contribution in [0, 0.1) is 0 Å². The van der Waals surface area contributed by atoms with Crippen molar-refractivity contribution in [3.63, 3.8) is 0 Å². The lowest BCUT2D eigenvalue weighted by Crippen LogP contribution is -2.15. The average Bonchev–Trinajstić information content (AvgIpc) is 2.56. The molecular formula is C17H15BrF3NO3. The number of halogens is 4. The lowest BCUT2D eigenvalue weighted by Gasteiger charge is -2.13. The second-order valence-electron chi connectivity index (χ2n) is 5.01. The molecule has 8 heteroatoms. The molecule has 0 saturated carbocycles. The Morgan fingerprint density at radius 1 is 1.16 bits per heavy atom. The number of hydrogen-bond acceptors (Lipinski definition) is 3. The monoisotopic (exact) mass is 417 g/mol. The summed E-state index contributed by atoms with van der Waals surface area (Å²) in [5.74, 6) is -0.266. The summed E-state index contributed by atoms with van der Waals surface area (Å²) in [5.41, 5.74) is -0.596. The van der Waals surface area contributed by atoms with Crippen molar-refractivity contribution in [2.45, 2.75) is 6.18 Å². The van der Waals surface area contributed by atoms with Gasteiger partial charge in [0, 0.05) is 17.3 Å².